The van der Waals surface area contributed by atoms with Crippen LogP contribution in [0.15, 0.2) is 96.8 Å². The molecule has 0 radical (unpaired) electrons. The quantitative estimate of drug-likeness (QED) is 0.388. The van der Waals surface area contributed by atoms with Gasteiger partial charge in [0.1, 0.15) is 5.69 Å². The summed E-state index contributed by atoms with van der Waals surface area (Å²) < 4.78 is 1.80. The number of carbonyl (C=O) groups is 1. The summed E-state index contributed by atoms with van der Waals surface area (Å²) in [6, 6.07) is 23.6. The second-order valence-corrected chi connectivity index (χ2v) is 8.03. The number of benzene rings is 2. The maximum atomic E-state index is 13.2. The molecule has 2 aromatic carbocycles. The van der Waals surface area contributed by atoms with Crippen molar-refractivity contribution in [2.24, 2.45) is 0 Å². The predicted molar refractivity (Wildman–Crippen MR) is 127 cm³/mol. The molecule has 3 heterocycles. The zero-order valence-electron chi connectivity index (χ0n) is 17.1. The molecule has 0 saturated carbocycles. The molecule has 7 heteroatoms. The lowest BCUT2D eigenvalue weighted by Gasteiger charge is -2.02. The summed E-state index contributed by atoms with van der Waals surface area (Å²) in [4.78, 5) is 21.9. The van der Waals surface area contributed by atoms with E-state index < -0.39 is 0 Å². The van der Waals surface area contributed by atoms with E-state index in [1.54, 1.807) is 23.3 Å². The van der Waals surface area contributed by atoms with Gasteiger partial charge in [-0.25, -0.2) is 4.98 Å². The highest BCUT2D eigenvalue weighted by Crippen LogP contribution is 2.27. The first-order valence-electron chi connectivity index (χ1n) is 10.1. The summed E-state index contributed by atoms with van der Waals surface area (Å²) >= 11 is 1.38. The van der Waals surface area contributed by atoms with E-state index in [1.807, 2.05) is 78.2 Å². The molecule has 32 heavy (non-hydrogen) atoms. The molecule has 3 aromatic heterocycles. The van der Waals surface area contributed by atoms with Gasteiger partial charge in [-0.2, -0.15) is 5.10 Å². The first kappa shape index (κ1) is 19.8. The molecule has 0 fully saturated rings. The molecule has 0 aliphatic rings. The Labute approximate surface area is 189 Å². The van der Waals surface area contributed by atoms with Crippen LogP contribution in [0, 0.1) is 0 Å². The van der Waals surface area contributed by atoms with E-state index >= 15 is 0 Å². The third kappa shape index (κ3) is 4.33. The zero-order chi connectivity index (χ0) is 21.8. The van der Waals surface area contributed by atoms with Crippen molar-refractivity contribution in [1.29, 1.82) is 0 Å². The van der Waals surface area contributed by atoms with Crippen molar-refractivity contribution in [3.05, 3.63) is 108 Å². The molecule has 0 atom stereocenters. The van der Waals surface area contributed by atoms with E-state index in [4.69, 9.17) is 5.10 Å². The largest absolute Gasteiger partial charge is 0.298 e. The Hall–Kier alpha value is -4.10. The molecule has 5 rings (SSSR count). The van der Waals surface area contributed by atoms with Crippen molar-refractivity contribution in [2.45, 2.75) is 6.54 Å². The molecular formula is C25H19N5OS. The van der Waals surface area contributed by atoms with Crippen LogP contribution in [0.25, 0.3) is 22.5 Å². The first-order valence-corrected chi connectivity index (χ1v) is 11.0. The summed E-state index contributed by atoms with van der Waals surface area (Å²) in [6.45, 7) is 0.580. The topological polar surface area (TPSA) is 72.7 Å². The summed E-state index contributed by atoms with van der Waals surface area (Å²) in [7, 11) is 0. The lowest BCUT2D eigenvalue weighted by molar-refractivity contribution is 0.102. The highest BCUT2D eigenvalue weighted by atomic mass is 32.1. The smallest absolute Gasteiger partial charge is 0.261 e. The van der Waals surface area contributed by atoms with Crippen LogP contribution < -0.4 is 5.32 Å². The Balaban J connectivity index is 1.44. The van der Waals surface area contributed by atoms with Crippen molar-refractivity contribution >= 4 is 22.4 Å². The van der Waals surface area contributed by atoms with Gasteiger partial charge in [-0.3, -0.25) is 19.8 Å². The molecule has 0 bridgehead atoms. The van der Waals surface area contributed by atoms with E-state index in [9.17, 15) is 4.79 Å². The van der Waals surface area contributed by atoms with Crippen LogP contribution >= 0.6 is 11.3 Å². The maximum absolute atomic E-state index is 13.2. The van der Waals surface area contributed by atoms with Crippen molar-refractivity contribution in [3.63, 3.8) is 0 Å². The van der Waals surface area contributed by atoms with Gasteiger partial charge in [-0.15, -0.1) is 11.3 Å². The molecule has 5 aromatic rings. The number of rotatable bonds is 6. The molecule has 156 valence electrons. The van der Waals surface area contributed by atoms with Gasteiger partial charge < -0.3 is 0 Å². The lowest BCUT2D eigenvalue weighted by Crippen LogP contribution is -2.12. The fourth-order valence-electron chi connectivity index (χ4n) is 3.39. The summed E-state index contributed by atoms with van der Waals surface area (Å²) in [5.74, 6) is -0.241. The van der Waals surface area contributed by atoms with Crippen LogP contribution in [-0.4, -0.2) is 25.7 Å². The van der Waals surface area contributed by atoms with E-state index in [2.05, 4.69) is 15.3 Å². The van der Waals surface area contributed by atoms with Crippen LogP contribution in [0.2, 0.25) is 0 Å². The van der Waals surface area contributed by atoms with Crippen molar-refractivity contribution in [1.82, 2.24) is 19.7 Å². The van der Waals surface area contributed by atoms with Crippen molar-refractivity contribution < 1.29 is 4.79 Å². The van der Waals surface area contributed by atoms with Gasteiger partial charge in [0.2, 0.25) is 0 Å². The average Bonchev–Trinajstić information content (AvgIpc) is 3.48. The number of nitrogens with zero attached hydrogens (tertiary/aromatic N) is 4. The number of hydrogen-bond acceptors (Lipinski definition) is 5. The monoisotopic (exact) mass is 437 g/mol. The minimum absolute atomic E-state index is 0.241. The summed E-state index contributed by atoms with van der Waals surface area (Å²) in [5.41, 5.74) is 4.84. The molecule has 0 saturated heterocycles. The van der Waals surface area contributed by atoms with Crippen LogP contribution in [0.3, 0.4) is 0 Å². The number of pyridine rings is 1. The third-order valence-electron chi connectivity index (χ3n) is 4.92. The normalized spacial score (nSPS) is 10.8. The van der Waals surface area contributed by atoms with Gasteiger partial charge in [-0.05, 0) is 17.7 Å². The molecular weight excluding hydrogens is 418 g/mol. The minimum atomic E-state index is -0.241. The number of carbonyl (C=O) groups excluding carboxylic acids is 1. The van der Waals surface area contributed by atoms with Gasteiger partial charge in [0.15, 0.2) is 5.13 Å². The van der Waals surface area contributed by atoms with Crippen LogP contribution in [0.4, 0.5) is 5.13 Å². The molecule has 0 unspecified atom stereocenters. The van der Waals surface area contributed by atoms with Gasteiger partial charge >= 0.3 is 0 Å². The minimum Gasteiger partial charge on any atom is -0.298 e. The van der Waals surface area contributed by atoms with Crippen LogP contribution in [0.1, 0.15) is 15.9 Å². The van der Waals surface area contributed by atoms with Gasteiger partial charge in [0.05, 0.1) is 17.8 Å². The molecule has 0 aliphatic heterocycles. The number of nitrogens with one attached hydrogen (secondary N) is 1. The lowest BCUT2D eigenvalue weighted by atomic mass is 10.1. The standard InChI is InChI=1S/C25H19N5OS/c31-24(28-25-27-22(17-32-25)20-12-7-13-26-14-20)21-16-30(15-18-8-3-1-4-9-18)29-23(21)19-10-5-2-6-11-19/h1-14,16-17H,15H2,(H,27,28,31). The van der Waals surface area contributed by atoms with E-state index in [1.165, 1.54) is 11.3 Å². The number of thiazole rings is 1. The predicted octanol–water partition coefficient (Wildman–Crippen LogP) is 5.37. The Bertz CT molecular complexity index is 1330. The van der Waals surface area contributed by atoms with Gasteiger partial charge in [0.25, 0.3) is 5.91 Å². The Morgan fingerprint density at radius 3 is 2.44 bits per heavy atom. The third-order valence-corrected chi connectivity index (χ3v) is 5.68. The second kappa shape index (κ2) is 8.95. The fraction of sp³-hybridized carbons (Fsp3) is 0.0400. The van der Waals surface area contributed by atoms with Crippen LogP contribution in [0.5, 0.6) is 0 Å². The molecule has 6 nitrogen and oxygen atoms in total. The van der Waals surface area contributed by atoms with E-state index in [0.29, 0.717) is 22.9 Å². The van der Waals surface area contributed by atoms with Crippen LogP contribution in [-0.2, 0) is 6.54 Å². The number of amides is 1. The summed E-state index contributed by atoms with van der Waals surface area (Å²) in [6.07, 6.45) is 5.26. The number of hydrogen-bond donors (Lipinski definition) is 1. The molecule has 1 amide bonds. The van der Waals surface area contributed by atoms with Gasteiger partial charge in [0, 0.05) is 35.1 Å². The van der Waals surface area contributed by atoms with E-state index in [-0.39, 0.29) is 5.91 Å². The number of aromatic nitrogens is 4. The van der Waals surface area contributed by atoms with Gasteiger partial charge in [-0.1, -0.05) is 60.7 Å². The highest BCUT2D eigenvalue weighted by molar-refractivity contribution is 7.14. The first-order chi connectivity index (χ1) is 15.8. The number of anilines is 1. The average molecular weight is 438 g/mol. The SMILES string of the molecule is O=C(Nc1nc(-c2cccnc2)cs1)c1cn(Cc2ccccc2)nc1-c1ccccc1. The summed E-state index contributed by atoms with van der Waals surface area (Å²) in [5, 5.41) is 10.1. The Kier molecular flexibility index (Phi) is 5.55. The maximum Gasteiger partial charge on any atom is 0.261 e. The van der Waals surface area contributed by atoms with Crippen molar-refractivity contribution in [3.8, 4) is 22.5 Å². The Morgan fingerprint density at radius 1 is 0.938 bits per heavy atom. The zero-order valence-corrected chi connectivity index (χ0v) is 17.9. The fourth-order valence-corrected chi connectivity index (χ4v) is 4.11. The molecule has 0 aliphatic carbocycles. The Morgan fingerprint density at radius 2 is 1.69 bits per heavy atom. The molecule has 1 N–H and O–H groups in total. The van der Waals surface area contributed by atoms with Crippen molar-refractivity contribution in [2.75, 3.05) is 5.32 Å². The highest BCUT2D eigenvalue weighted by Gasteiger charge is 2.19. The van der Waals surface area contributed by atoms with E-state index in [0.717, 1.165) is 22.4 Å². The second-order valence-electron chi connectivity index (χ2n) is 7.17. The molecule has 0 spiro atoms.